The van der Waals surface area contributed by atoms with Gasteiger partial charge in [-0.1, -0.05) is 44.1 Å². The van der Waals surface area contributed by atoms with Gasteiger partial charge in [0.15, 0.2) is 0 Å². The summed E-state index contributed by atoms with van der Waals surface area (Å²) in [4.78, 5) is 7.04. The van der Waals surface area contributed by atoms with Crippen molar-refractivity contribution in [2.45, 2.75) is 52.0 Å². The minimum Gasteiger partial charge on any atom is -0.357 e. The SMILES string of the molecule is CC[Si](CC)(CC)c1ccnc(-c2[nH]c(C)cc2C(F)(F)F)c1. The van der Waals surface area contributed by atoms with E-state index in [0.29, 0.717) is 11.4 Å². The molecule has 6 heteroatoms. The molecule has 0 radical (unpaired) electrons. The van der Waals surface area contributed by atoms with Gasteiger partial charge in [0, 0.05) is 11.9 Å². The Morgan fingerprint density at radius 3 is 2.22 bits per heavy atom. The van der Waals surface area contributed by atoms with E-state index in [4.69, 9.17) is 0 Å². The van der Waals surface area contributed by atoms with Crippen LogP contribution in [0.2, 0.25) is 18.1 Å². The van der Waals surface area contributed by atoms with Crippen LogP contribution >= 0.6 is 0 Å². The third-order valence-corrected chi connectivity index (χ3v) is 10.5. The van der Waals surface area contributed by atoms with Gasteiger partial charge in [-0.15, -0.1) is 0 Å². The van der Waals surface area contributed by atoms with E-state index >= 15 is 0 Å². The molecule has 2 aromatic heterocycles. The van der Waals surface area contributed by atoms with Crippen LogP contribution in [-0.2, 0) is 6.18 Å². The summed E-state index contributed by atoms with van der Waals surface area (Å²) in [5.74, 6) is 0. The van der Waals surface area contributed by atoms with Crippen LogP contribution in [-0.4, -0.2) is 18.0 Å². The minimum atomic E-state index is -4.38. The van der Waals surface area contributed by atoms with E-state index in [2.05, 4.69) is 30.7 Å². The lowest BCUT2D eigenvalue weighted by atomic mass is 10.1. The number of aromatic nitrogens is 2. The molecule has 2 nitrogen and oxygen atoms in total. The third-order valence-electron chi connectivity index (χ3n) is 4.92. The summed E-state index contributed by atoms with van der Waals surface area (Å²) in [5, 5.41) is 1.19. The van der Waals surface area contributed by atoms with Crippen molar-refractivity contribution in [3.63, 3.8) is 0 Å². The molecule has 2 aromatic rings. The highest BCUT2D eigenvalue weighted by Gasteiger charge is 2.36. The molecule has 0 saturated carbocycles. The molecule has 23 heavy (non-hydrogen) atoms. The molecule has 2 rings (SSSR count). The number of rotatable bonds is 5. The summed E-state index contributed by atoms with van der Waals surface area (Å²) in [7, 11) is -1.65. The van der Waals surface area contributed by atoms with Crippen molar-refractivity contribution in [1.82, 2.24) is 9.97 Å². The van der Waals surface area contributed by atoms with Crippen molar-refractivity contribution in [3.8, 4) is 11.4 Å². The fourth-order valence-electron chi connectivity index (χ4n) is 3.27. The van der Waals surface area contributed by atoms with Crippen LogP contribution < -0.4 is 5.19 Å². The number of H-pyrrole nitrogens is 1. The first-order chi connectivity index (χ1) is 10.8. The first-order valence-corrected chi connectivity index (χ1v) is 10.6. The van der Waals surface area contributed by atoms with Gasteiger partial charge in [-0.25, -0.2) is 0 Å². The number of nitrogens with zero attached hydrogens (tertiary/aromatic N) is 1. The molecule has 0 aliphatic carbocycles. The maximum absolute atomic E-state index is 13.2. The Bertz CT molecular complexity index is 664. The second-order valence-electron chi connectivity index (χ2n) is 6.01. The third kappa shape index (κ3) is 3.36. The van der Waals surface area contributed by atoms with Crippen LogP contribution in [0.25, 0.3) is 11.4 Å². The number of nitrogens with one attached hydrogen (secondary N) is 1. The number of alkyl halides is 3. The number of pyridine rings is 1. The highest BCUT2D eigenvalue weighted by atomic mass is 28.3. The number of aromatic amines is 1. The average molecular weight is 340 g/mol. The van der Waals surface area contributed by atoms with Gasteiger partial charge in [0.1, 0.15) is 0 Å². The van der Waals surface area contributed by atoms with E-state index < -0.39 is 19.8 Å². The van der Waals surface area contributed by atoms with E-state index in [0.717, 1.165) is 24.2 Å². The molecule has 1 N–H and O–H groups in total. The fraction of sp³-hybridized carbons (Fsp3) is 0.471. The number of aryl methyl sites for hydroxylation is 1. The van der Waals surface area contributed by atoms with Gasteiger partial charge in [-0.2, -0.15) is 13.2 Å². The Labute approximate surface area is 136 Å². The lowest BCUT2D eigenvalue weighted by Gasteiger charge is -2.28. The van der Waals surface area contributed by atoms with E-state index in [9.17, 15) is 13.2 Å². The normalized spacial score (nSPS) is 12.7. The largest absolute Gasteiger partial charge is 0.418 e. The number of hydrogen-bond donors (Lipinski definition) is 1. The van der Waals surface area contributed by atoms with Gasteiger partial charge in [-0.05, 0) is 25.1 Å². The molecule has 0 atom stereocenters. The average Bonchev–Trinajstić information content (AvgIpc) is 2.92. The van der Waals surface area contributed by atoms with Crippen molar-refractivity contribution in [2.24, 2.45) is 0 Å². The molecule has 0 unspecified atom stereocenters. The molecule has 0 bridgehead atoms. The number of halogens is 3. The standard InChI is InChI=1S/C17H23F3N2Si/c1-5-23(6-2,7-3)13-8-9-21-15(11-13)16-14(17(18,19)20)10-12(4)22-16/h8-11,22H,5-7H2,1-4H3. The van der Waals surface area contributed by atoms with Gasteiger partial charge in [-0.3, -0.25) is 4.98 Å². The first-order valence-electron chi connectivity index (χ1n) is 8.01. The molecule has 0 fully saturated rings. The molecule has 0 saturated heterocycles. The van der Waals surface area contributed by atoms with Crippen LogP contribution in [0.5, 0.6) is 0 Å². The zero-order valence-corrected chi connectivity index (χ0v) is 15.0. The van der Waals surface area contributed by atoms with Crippen molar-refractivity contribution < 1.29 is 13.2 Å². The molecule has 126 valence electrons. The monoisotopic (exact) mass is 340 g/mol. The summed E-state index contributed by atoms with van der Waals surface area (Å²) in [6.07, 6.45) is -2.74. The van der Waals surface area contributed by atoms with E-state index in [-0.39, 0.29) is 5.69 Å². The minimum absolute atomic E-state index is 0.0723. The topological polar surface area (TPSA) is 28.7 Å². The Morgan fingerprint density at radius 1 is 1.09 bits per heavy atom. The van der Waals surface area contributed by atoms with Gasteiger partial charge in [0.05, 0.1) is 25.0 Å². The predicted molar refractivity (Wildman–Crippen MR) is 90.6 cm³/mol. The zero-order valence-electron chi connectivity index (χ0n) is 14.0. The summed E-state index contributed by atoms with van der Waals surface area (Å²) in [5.41, 5.74) is 0.305. The smallest absolute Gasteiger partial charge is 0.357 e. The van der Waals surface area contributed by atoms with Crippen LogP contribution in [0.4, 0.5) is 13.2 Å². The Morgan fingerprint density at radius 2 is 1.70 bits per heavy atom. The molecular weight excluding hydrogens is 317 g/mol. The van der Waals surface area contributed by atoms with Crippen molar-refractivity contribution in [1.29, 1.82) is 0 Å². The molecule has 0 aliphatic heterocycles. The Hall–Kier alpha value is -1.56. The van der Waals surface area contributed by atoms with Crippen LogP contribution in [0, 0.1) is 6.92 Å². The van der Waals surface area contributed by atoms with Crippen molar-refractivity contribution in [2.75, 3.05) is 0 Å². The molecule has 2 heterocycles. The van der Waals surface area contributed by atoms with Crippen molar-refractivity contribution >= 4 is 13.3 Å². The van der Waals surface area contributed by atoms with Crippen LogP contribution in [0.3, 0.4) is 0 Å². The van der Waals surface area contributed by atoms with Crippen molar-refractivity contribution in [3.05, 3.63) is 35.7 Å². The number of hydrogen-bond acceptors (Lipinski definition) is 1. The van der Waals surface area contributed by atoms with Gasteiger partial charge in [0.25, 0.3) is 0 Å². The van der Waals surface area contributed by atoms with Gasteiger partial charge < -0.3 is 4.98 Å². The molecule has 0 spiro atoms. The summed E-state index contributed by atoms with van der Waals surface area (Å²) >= 11 is 0. The zero-order chi connectivity index (χ0) is 17.3. The van der Waals surface area contributed by atoms with Gasteiger partial charge >= 0.3 is 6.18 Å². The molecule has 0 amide bonds. The van der Waals surface area contributed by atoms with Crippen LogP contribution in [0.1, 0.15) is 32.0 Å². The fourth-order valence-corrected chi connectivity index (χ4v) is 6.87. The summed E-state index contributed by atoms with van der Waals surface area (Å²) in [6.45, 7) is 8.17. The lowest BCUT2D eigenvalue weighted by molar-refractivity contribution is -0.137. The van der Waals surface area contributed by atoms with Gasteiger partial charge in [0.2, 0.25) is 0 Å². The maximum Gasteiger partial charge on any atom is 0.418 e. The maximum atomic E-state index is 13.2. The van der Waals surface area contributed by atoms with E-state index in [1.54, 1.807) is 13.1 Å². The summed E-state index contributed by atoms with van der Waals surface area (Å²) < 4.78 is 39.7. The highest BCUT2D eigenvalue weighted by Crippen LogP contribution is 2.36. The van der Waals surface area contributed by atoms with Crippen LogP contribution in [0.15, 0.2) is 24.4 Å². The highest BCUT2D eigenvalue weighted by molar-refractivity contribution is 6.91. The second-order valence-corrected chi connectivity index (χ2v) is 11.3. The first kappa shape index (κ1) is 17.8. The second kappa shape index (κ2) is 6.51. The summed E-state index contributed by atoms with van der Waals surface area (Å²) in [6, 6.07) is 8.24. The molecule has 0 aromatic carbocycles. The predicted octanol–water partition coefficient (Wildman–Crippen LogP) is 5.12. The lowest BCUT2D eigenvalue weighted by Crippen LogP contribution is -2.45. The van der Waals surface area contributed by atoms with E-state index in [1.807, 2.05) is 12.1 Å². The Kier molecular flexibility index (Phi) is 5.03. The quantitative estimate of drug-likeness (QED) is 0.752. The van der Waals surface area contributed by atoms with E-state index in [1.165, 1.54) is 5.19 Å². The molecular formula is C17H23F3N2Si. The molecule has 0 aliphatic rings. The Balaban J connectivity index is 2.58.